The van der Waals surface area contributed by atoms with Crippen molar-refractivity contribution in [3.63, 3.8) is 0 Å². The van der Waals surface area contributed by atoms with E-state index in [4.69, 9.17) is 19.2 Å². The molecule has 1 fully saturated rings. The van der Waals surface area contributed by atoms with Gasteiger partial charge in [-0.25, -0.2) is 0 Å². The predicted molar refractivity (Wildman–Crippen MR) is 116 cm³/mol. The molecule has 0 bridgehead atoms. The number of aryl methyl sites for hydroxylation is 1. The second kappa shape index (κ2) is 12.5. The molecule has 1 saturated heterocycles. The van der Waals surface area contributed by atoms with E-state index in [1.807, 2.05) is 13.0 Å². The molecule has 0 aromatic heterocycles. The zero-order valence-electron chi connectivity index (χ0n) is 18.1. The fourth-order valence-electron chi connectivity index (χ4n) is 3.52. The standard InChI is InChI=1S/C22H37N3O4/c1-4-23-21(25-16-22(10-13-26)11-14-28-17-22)24-12-6-7-18-8-9-19(27-3)20(15-18)29-5-2/h8-9,15,26H,4-7,10-14,16-17H2,1-3H3,(H2,23,24,25). The van der Waals surface area contributed by atoms with Gasteiger partial charge in [0.25, 0.3) is 0 Å². The van der Waals surface area contributed by atoms with Crippen LogP contribution < -0.4 is 20.1 Å². The van der Waals surface area contributed by atoms with Crippen LogP contribution in [0, 0.1) is 5.41 Å². The number of guanidine groups is 1. The van der Waals surface area contributed by atoms with Crippen molar-refractivity contribution in [2.75, 3.05) is 53.2 Å². The third kappa shape index (κ3) is 7.40. The summed E-state index contributed by atoms with van der Waals surface area (Å²) in [5.74, 6) is 2.38. The van der Waals surface area contributed by atoms with Crippen molar-refractivity contribution in [1.29, 1.82) is 0 Å². The van der Waals surface area contributed by atoms with E-state index in [2.05, 4.69) is 29.7 Å². The van der Waals surface area contributed by atoms with Crippen molar-refractivity contribution in [3.05, 3.63) is 23.8 Å². The highest BCUT2D eigenvalue weighted by atomic mass is 16.5. The van der Waals surface area contributed by atoms with Crippen molar-refractivity contribution in [2.45, 2.75) is 39.5 Å². The normalized spacial score (nSPS) is 19.2. The Balaban J connectivity index is 1.85. The Morgan fingerprint density at radius 2 is 2.14 bits per heavy atom. The number of rotatable bonds is 12. The van der Waals surface area contributed by atoms with Gasteiger partial charge < -0.3 is 30.0 Å². The first-order chi connectivity index (χ1) is 14.2. The summed E-state index contributed by atoms with van der Waals surface area (Å²) < 4.78 is 16.6. The minimum absolute atomic E-state index is 0.0319. The molecule has 7 heteroatoms. The molecule has 1 aromatic carbocycles. The van der Waals surface area contributed by atoms with Crippen LogP contribution in [0.4, 0.5) is 0 Å². The molecule has 1 aliphatic rings. The summed E-state index contributed by atoms with van der Waals surface area (Å²) in [4.78, 5) is 4.76. The summed E-state index contributed by atoms with van der Waals surface area (Å²) in [5, 5.41) is 16.1. The van der Waals surface area contributed by atoms with Crippen LogP contribution >= 0.6 is 0 Å². The van der Waals surface area contributed by atoms with E-state index >= 15 is 0 Å². The lowest BCUT2D eigenvalue weighted by Gasteiger charge is -2.24. The van der Waals surface area contributed by atoms with Gasteiger partial charge in [0.05, 0.1) is 26.9 Å². The molecule has 1 unspecified atom stereocenters. The smallest absolute Gasteiger partial charge is 0.191 e. The van der Waals surface area contributed by atoms with Crippen LogP contribution in [0.1, 0.15) is 38.7 Å². The number of nitrogens with one attached hydrogen (secondary N) is 2. The molecular weight excluding hydrogens is 370 g/mol. The number of aliphatic imine (C=N–C) groups is 1. The van der Waals surface area contributed by atoms with Crippen molar-refractivity contribution in [3.8, 4) is 11.5 Å². The highest BCUT2D eigenvalue weighted by molar-refractivity contribution is 5.79. The van der Waals surface area contributed by atoms with Gasteiger partial charge in [0.1, 0.15) is 0 Å². The summed E-state index contributed by atoms with van der Waals surface area (Å²) >= 11 is 0. The Bertz CT molecular complexity index is 630. The number of benzene rings is 1. The van der Waals surface area contributed by atoms with Crippen LogP contribution in [0.5, 0.6) is 11.5 Å². The third-order valence-electron chi connectivity index (χ3n) is 5.21. The molecule has 1 aromatic rings. The average Bonchev–Trinajstić information content (AvgIpc) is 3.19. The van der Waals surface area contributed by atoms with Crippen molar-refractivity contribution in [2.24, 2.45) is 10.4 Å². The Labute approximate surface area is 174 Å². The fraction of sp³-hybridized carbons (Fsp3) is 0.682. The maximum Gasteiger partial charge on any atom is 0.191 e. The Kier molecular flexibility index (Phi) is 10.1. The van der Waals surface area contributed by atoms with Crippen LogP contribution in [0.15, 0.2) is 23.2 Å². The van der Waals surface area contributed by atoms with Crippen LogP contribution in [0.25, 0.3) is 0 Å². The number of nitrogens with zero attached hydrogens (tertiary/aromatic N) is 1. The molecule has 1 atom stereocenters. The molecule has 2 rings (SSSR count). The molecule has 29 heavy (non-hydrogen) atoms. The van der Waals surface area contributed by atoms with E-state index in [0.29, 0.717) is 19.8 Å². The monoisotopic (exact) mass is 407 g/mol. The van der Waals surface area contributed by atoms with Gasteiger partial charge in [-0.1, -0.05) is 6.07 Å². The molecule has 0 spiro atoms. The lowest BCUT2D eigenvalue weighted by molar-refractivity contribution is 0.131. The fourth-order valence-corrected chi connectivity index (χ4v) is 3.52. The molecule has 164 valence electrons. The summed E-state index contributed by atoms with van der Waals surface area (Å²) in [6.45, 7) is 8.56. The molecule has 0 amide bonds. The zero-order chi connectivity index (χ0) is 21.0. The van der Waals surface area contributed by atoms with Crippen molar-refractivity contribution >= 4 is 5.96 Å². The number of hydrogen-bond acceptors (Lipinski definition) is 5. The first kappa shape index (κ1) is 23.3. The van der Waals surface area contributed by atoms with Gasteiger partial charge in [0.15, 0.2) is 17.5 Å². The average molecular weight is 408 g/mol. The van der Waals surface area contributed by atoms with E-state index in [9.17, 15) is 5.11 Å². The van der Waals surface area contributed by atoms with Gasteiger partial charge >= 0.3 is 0 Å². The molecule has 1 aliphatic heterocycles. The minimum Gasteiger partial charge on any atom is -0.493 e. The highest BCUT2D eigenvalue weighted by Gasteiger charge is 2.34. The van der Waals surface area contributed by atoms with Gasteiger partial charge in [-0.15, -0.1) is 0 Å². The van der Waals surface area contributed by atoms with Gasteiger partial charge in [0, 0.05) is 31.7 Å². The molecule has 3 N–H and O–H groups in total. The highest BCUT2D eigenvalue weighted by Crippen LogP contribution is 2.32. The van der Waals surface area contributed by atoms with Gasteiger partial charge in [-0.05, 0) is 57.2 Å². The maximum absolute atomic E-state index is 9.38. The summed E-state index contributed by atoms with van der Waals surface area (Å²) in [6, 6.07) is 6.10. The van der Waals surface area contributed by atoms with E-state index in [1.165, 1.54) is 5.56 Å². The first-order valence-electron chi connectivity index (χ1n) is 10.7. The quantitative estimate of drug-likeness (QED) is 0.280. The summed E-state index contributed by atoms with van der Waals surface area (Å²) in [6.07, 6.45) is 3.61. The number of hydrogen-bond donors (Lipinski definition) is 3. The first-order valence-corrected chi connectivity index (χ1v) is 10.7. The second-order valence-electron chi connectivity index (χ2n) is 7.42. The summed E-state index contributed by atoms with van der Waals surface area (Å²) in [5.41, 5.74) is 1.19. The van der Waals surface area contributed by atoms with E-state index in [0.717, 1.165) is 62.8 Å². The Hall–Kier alpha value is -1.99. The van der Waals surface area contributed by atoms with Gasteiger partial charge in [0.2, 0.25) is 0 Å². The van der Waals surface area contributed by atoms with E-state index < -0.39 is 0 Å². The van der Waals surface area contributed by atoms with Crippen LogP contribution in [0.3, 0.4) is 0 Å². The Morgan fingerprint density at radius 3 is 2.79 bits per heavy atom. The molecule has 7 nitrogen and oxygen atoms in total. The number of aliphatic hydroxyl groups is 1. The van der Waals surface area contributed by atoms with Crippen LogP contribution in [0.2, 0.25) is 0 Å². The second-order valence-corrected chi connectivity index (χ2v) is 7.42. The SMILES string of the molecule is CCNC(=NCC1(CCO)CCOC1)NCCCc1ccc(OC)c(OCC)c1. The van der Waals surface area contributed by atoms with E-state index in [1.54, 1.807) is 7.11 Å². The number of methoxy groups -OCH3 is 1. The molecule has 0 radical (unpaired) electrons. The topological polar surface area (TPSA) is 84.3 Å². The number of ether oxygens (including phenoxy) is 3. The Morgan fingerprint density at radius 1 is 1.28 bits per heavy atom. The lowest BCUT2D eigenvalue weighted by Crippen LogP contribution is -2.39. The predicted octanol–water partition coefficient (Wildman–Crippen LogP) is 2.37. The lowest BCUT2D eigenvalue weighted by atomic mass is 9.84. The zero-order valence-corrected chi connectivity index (χ0v) is 18.1. The van der Waals surface area contributed by atoms with Crippen LogP contribution in [-0.4, -0.2) is 64.2 Å². The molecule has 1 heterocycles. The van der Waals surface area contributed by atoms with Crippen molar-refractivity contribution in [1.82, 2.24) is 10.6 Å². The molecule has 0 aliphatic carbocycles. The number of aliphatic hydroxyl groups excluding tert-OH is 1. The third-order valence-corrected chi connectivity index (χ3v) is 5.21. The van der Waals surface area contributed by atoms with Crippen molar-refractivity contribution < 1.29 is 19.3 Å². The molecule has 0 saturated carbocycles. The minimum atomic E-state index is -0.0319. The van der Waals surface area contributed by atoms with E-state index in [-0.39, 0.29) is 12.0 Å². The van der Waals surface area contributed by atoms with Gasteiger partial charge in [-0.2, -0.15) is 0 Å². The molecular formula is C22H37N3O4. The van der Waals surface area contributed by atoms with Gasteiger partial charge in [-0.3, -0.25) is 4.99 Å². The largest absolute Gasteiger partial charge is 0.493 e. The summed E-state index contributed by atoms with van der Waals surface area (Å²) in [7, 11) is 1.66. The van der Waals surface area contributed by atoms with Crippen LogP contribution in [-0.2, 0) is 11.2 Å². The maximum atomic E-state index is 9.38.